The van der Waals surface area contributed by atoms with Gasteiger partial charge in [0.1, 0.15) is 12.1 Å². The maximum absolute atomic E-state index is 9.23. The molecule has 2 rings (SSSR count). The van der Waals surface area contributed by atoms with Crippen molar-refractivity contribution >= 4 is 21.6 Å². The SMILES string of the molecule is N#Cc1cc2c(cc1C#N)OCCCCCCSSCCCCCCO2. The Morgan fingerprint density at radius 2 is 1.08 bits per heavy atom. The number of fused-ring (bicyclic) bond motifs is 1. The zero-order valence-corrected chi connectivity index (χ0v) is 16.8. The Morgan fingerprint density at radius 1 is 0.654 bits per heavy atom. The third-order valence-corrected chi connectivity index (χ3v) is 6.74. The normalized spacial score (nSPS) is 17.9. The van der Waals surface area contributed by atoms with Crippen LogP contribution in [-0.2, 0) is 0 Å². The van der Waals surface area contributed by atoms with Gasteiger partial charge in [-0.1, -0.05) is 47.3 Å². The molecule has 1 aromatic carbocycles. The van der Waals surface area contributed by atoms with Crippen molar-refractivity contribution in [1.82, 2.24) is 0 Å². The van der Waals surface area contributed by atoms with Crippen molar-refractivity contribution in [3.63, 3.8) is 0 Å². The highest BCUT2D eigenvalue weighted by Crippen LogP contribution is 2.31. The van der Waals surface area contributed by atoms with E-state index in [4.69, 9.17) is 9.47 Å². The Morgan fingerprint density at radius 3 is 1.50 bits per heavy atom. The van der Waals surface area contributed by atoms with E-state index >= 15 is 0 Å². The third-order valence-electron chi connectivity index (χ3n) is 4.17. The second kappa shape index (κ2) is 12.8. The molecule has 0 spiro atoms. The molecule has 1 aliphatic rings. The van der Waals surface area contributed by atoms with Gasteiger partial charge in [-0.05, 0) is 25.7 Å². The largest absolute Gasteiger partial charge is 0.490 e. The van der Waals surface area contributed by atoms with E-state index in [1.54, 1.807) is 12.1 Å². The van der Waals surface area contributed by atoms with Crippen LogP contribution >= 0.6 is 21.6 Å². The summed E-state index contributed by atoms with van der Waals surface area (Å²) in [4.78, 5) is 0. The lowest BCUT2D eigenvalue weighted by Gasteiger charge is -2.14. The minimum atomic E-state index is 0.339. The molecule has 0 fully saturated rings. The van der Waals surface area contributed by atoms with Crippen LogP contribution in [0.25, 0.3) is 0 Å². The molecule has 0 N–H and O–H groups in total. The molecule has 0 bridgehead atoms. The summed E-state index contributed by atoms with van der Waals surface area (Å²) >= 11 is 0. The quantitative estimate of drug-likeness (QED) is 0.529. The van der Waals surface area contributed by atoms with Crippen LogP contribution < -0.4 is 9.47 Å². The average Bonchev–Trinajstić information content (AvgIpc) is 2.67. The van der Waals surface area contributed by atoms with Gasteiger partial charge in [0.15, 0.2) is 11.5 Å². The van der Waals surface area contributed by atoms with Gasteiger partial charge >= 0.3 is 0 Å². The lowest BCUT2D eigenvalue weighted by Crippen LogP contribution is -2.04. The fraction of sp³-hybridized carbons (Fsp3) is 0.600. The fourth-order valence-electron chi connectivity index (χ4n) is 2.69. The van der Waals surface area contributed by atoms with Crippen molar-refractivity contribution in [2.24, 2.45) is 0 Å². The van der Waals surface area contributed by atoms with Gasteiger partial charge in [-0.25, -0.2) is 0 Å². The molecule has 0 aromatic heterocycles. The first-order valence-electron chi connectivity index (χ1n) is 9.33. The Balaban J connectivity index is 2.02. The number of rotatable bonds is 0. The van der Waals surface area contributed by atoms with Crippen LogP contribution in [0.2, 0.25) is 0 Å². The van der Waals surface area contributed by atoms with Gasteiger partial charge in [0, 0.05) is 23.6 Å². The van der Waals surface area contributed by atoms with Gasteiger partial charge in [-0.2, -0.15) is 10.5 Å². The molecule has 4 nitrogen and oxygen atoms in total. The van der Waals surface area contributed by atoms with E-state index in [0.717, 1.165) is 25.7 Å². The molecular weight excluding hydrogens is 364 g/mol. The maximum Gasteiger partial charge on any atom is 0.162 e. The molecule has 0 radical (unpaired) electrons. The molecule has 0 amide bonds. The first-order chi connectivity index (χ1) is 12.8. The number of hydrogen-bond acceptors (Lipinski definition) is 6. The standard InChI is InChI=1S/C20H26N2O2S2/c21-15-17-13-19-20(14-18(17)16-22)24-10-6-2-4-8-12-26-25-11-7-3-1-5-9-23-19/h13-14H,1-12H2. The number of nitriles is 2. The highest BCUT2D eigenvalue weighted by molar-refractivity contribution is 8.76. The van der Waals surface area contributed by atoms with Gasteiger partial charge in [0.25, 0.3) is 0 Å². The zero-order chi connectivity index (χ0) is 18.5. The molecule has 0 saturated carbocycles. The van der Waals surface area contributed by atoms with Gasteiger partial charge in [0.05, 0.1) is 24.3 Å². The molecule has 0 atom stereocenters. The van der Waals surface area contributed by atoms with E-state index < -0.39 is 0 Å². The lowest BCUT2D eigenvalue weighted by atomic mass is 10.1. The second-order valence-corrected chi connectivity index (χ2v) is 8.94. The summed E-state index contributed by atoms with van der Waals surface area (Å²) in [6.07, 6.45) is 9.20. The van der Waals surface area contributed by atoms with Gasteiger partial charge in [-0.3, -0.25) is 0 Å². The van der Waals surface area contributed by atoms with Crippen molar-refractivity contribution in [1.29, 1.82) is 10.5 Å². The lowest BCUT2D eigenvalue weighted by molar-refractivity contribution is 0.258. The predicted octanol–water partition coefficient (Wildman–Crippen LogP) is 5.70. The molecule has 0 unspecified atom stereocenters. The van der Waals surface area contributed by atoms with Crippen LogP contribution in [0, 0.1) is 22.7 Å². The topological polar surface area (TPSA) is 66.0 Å². The van der Waals surface area contributed by atoms with Gasteiger partial charge in [-0.15, -0.1) is 0 Å². The molecule has 6 heteroatoms. The monoisotopic (exact) mass is 390 g/mol. The summed E-state index contributed by atoms with van der Waals surface area (Å²) in [5, 5.41) is 18.5. The van der Waals surface area contributed by atoms with Crippen molar-refractivity contribution in [2.75, 3.05) is 24.7 Å². The predicted molar refractivity (Wildman–Crippen MR) is 109 cm³/mol. The number of benzene rings is 1. The van der Waals surface area contributed by atoms with Crippen LogP contribution in [0.1, 0.15) is 62.5 Å². The highest BCUT2D eigenvalue weighted by Gasteiger charge is 2.12. The fourth-order valence-corrected chi connectivity index (χ4v) is 4.98. The molecule has 140 valence electrons. The molecule has 0 saturated heterocycles. The molecule has 1 aliphatic heterocycles. The van der Waals surface area contributed by atoms with Crippen molar-refractivity contribution in [3.8, 4) is 23.6 Å². The Bertz CT molecular complexity index is 583. The summed E-state index contributed by atoms with van der Waals surface area (Å²) in [5.41, 5.74) is 0.679. The first kappa shape index (κ1) is 20.8. The number of ether oxygens (including phenoxy) is 2. The molecule has 26 heavy (non-hydrogen) atoms. The molecule has 1 aromatic rings. The highest BCUT2D eigenvalue weighted by atomic mass is 33.1. The van der Waals surface area contributed by atoms with Crippen LogP contribution in [0.4, 0.5) is 0 Å². The van der Waals surface area contributed by atoms with Crippen LogP contribution in [-0.4, -0.2) is 24.7 Å². The Kier molecular flexibility index (Phi) is 10.2. The van der Waals surface area contributed by atoms with E-state index in [-0.39, 0.29) is 0 Å². The maximum atomic E-state index is 9.23. The van der Waals surface area contributed by atoms with Crippen LogP contribution in [0.5, 0.6) is 11.5 Å². The van der Waals surface area contributed by atoms with E-state index in [2.05, 4.69) is 12.1 Å². The smallest absolute Gasteiger partial charge is 0.162 e. The molecular formula is C20H26N2O2S2. The van der Waals surface area contributed by atoms with Crippen LogP contribution in [0.15, 0.2) is 12.1 Å². The molecule has 1 heterocycles. The van der Waals surface area contributed by atoms with Crippen molar-refractivity contribution in [2.45, 2.75) is 51.4 Å². The summed E-state index contributed by atoms with van der Waals surface area (Å²) in [6.45, 7) is 1.21. The van der Waals surface area contributed by atoms with E-state index in [9.17, 15) is 10.5 Å². The number of nitrogens with zero attached hydrogens (tertiary/aromatic N) is 2. The first-order valence-corrected chi connectivity index (χ1v) is 11.8. The van der Waals surface area contributed by atoms with Crippen molar-refractivity contribution in [3.05, 3.63) is 23.3 Å². The molecule has 0 aliphatic carbocycles. The van der Waals surface area contributed by atoms with E-state index in [0.29, 0.717) is 35.8 Å². The summed E-state index contributed by atoms with van der Waals surface area (Å²) in [7, 11) is 4.00. The summed E-state index contributed by atoms with van der Waals surface area (Å²) in [5.74, 6) is 3.61. The Hall–Kier alpha value is -1.50. The van der Waals surface area contributed by atoms with Gasteiger partial charge in [0.2, 0.25) is 0 Å². The van der Waals surface area contributed by atoms with Crippen molar-refractivity contribution < 1.29 is 9.47 Å². The van der Waals surface area contributed by atoms with Gasteiger partial charge < -0.3 is 9.47 Å². The minimum Gasteiger partial charge on any atom is -0.490 e. The minimum absolute atomic E-state index is 0.339. The summed E-state index contributed by atoms with van der Waals surface area (Å²) in [6, 6.07) is 7.41. The Labute approximate surface area is 164 Å². The van der Waals surface area contributed by atoms with Crippen LogP contribution in [0.3, 0.4) is 0 Å². The average molecular weight is 391 g/mol. The third kappa shape index (κ3) is 7.40. The second-order valence-electron chi connectivity index (χ2n) is 6.24. The number of hydrogen-bond donors (Lipinski definition) is 0. The van der Waals surface area contributed by atoms with E-state index in [1.807, 2.05) is 21.6 Å². The zero-order valence-electron chi connectivity index (χ0n) is 15.2. The van der Waals surface area contributed by atoms with E-state index in [1.165, 1.54) is 37.2 Å². The summed E-state index contributed by atoms with van der Waals surface area (Å²) < 4.78 is 11.8.